The molecule has 0 unspecified atom stereocenters. The molecule has 0 aromatic carbocycles. The Labute approximate surface area is 207 Å². The third kappa shape index (κ3) is 5.65. The highest BCUT2D eigenvalue weighted by Gasteiger charge is 2.52. The van der Waals surface area contributed by atoms with E-state index in [2.05, 4.69) is 85.7 Å². The molecule has 0 bridgehead atoms. The second kappa shape index (κ2) is 9.86. The minimum atomic E-state index is -2.25. The van der Waals surface area contributed by atoms with E-state index in [4.69, 9.17) is 19.3 Å². The highest BCUT2D eigenvalue weighted by molar-refractivity contribution is 6.74. The highest BCUT2D eigenvalue weighted by atomic mass is 28.4. The Hall–Kier alpha value is -1.52. The summed E-state index contributed by atoms with van der Waals surface area (Å²) >= 11 is 0. The van der Waals surface area contributed by atoms with E-state index in [-0.39, 0.29) is 15.9 Å². The predicted molar refractivity (Wildman–Crippen MR) is 140 cm³/mol. The van der Waals surface area contributed by atoms with Crippen molar-refractivity contribution in [3.8, 4) is 6.07 Å². The van der Waals surface area contributed by atoms with Crippen molar-refractivity contribution in [2.24, 2.45) is 11.8 Å². The summed E-state index contributed by atoms with van der Waals surface area (Å²) in [5, 5.41) is 10.2. The Kier molecular flexibility index (Phi) is 8.32. The van der Waals surface area contributed by atoms with Gasteiger partial charge in [0.25, 0.3) is 0 Å². The van der Waals surface area contributed by atoms with Crippen molar-refractivity contribution < 1.29 is 13.6 Å². The fraction of sp³-hybridized carbons (Fsp3) is 0.792. The Morgan fingerprint density at radius 3 is 2.26 bits per heavy atom. The number of nitrogen functional groups attached to an aromatic ring is 1. The zero-order chi connectivity index (χ0) is 26.3. The predicted octanol–water partition coefficient (Wildman–Crippen LogP) is 4.91. The largest absolute Gasteiger partial charge is 0.414 e. The van der Waals surface area contributed by atoms with Gasteiger partial charge in [0, 0.05) is 6.20 Å². The first-order valence-electron chi connectivity index (χ1n) is 12.1. The summed E-state index contributed by atoms with van der Waals surface area (Å²) in [6, 6.07) is 3.90. The van der Waals surface area contributed by atoms with Crippen LogP contribution < -0.4 is 11.4 Å². The standard InChI is InChI=1S/C24H44N4O4Si2/c1-16(2)24(6,7)34(10,11)30-15-18-20(32-33(8,9)23(3,4)5)17(14-25)21(31-18)28-13-12-19(26)27-22(28)29/h12-13,16-18,20-21H,15H2,1-11H3,(H2,26,27,29)/t17-,18+,20-,21+/m0/s1. The van der Waals surface area contributed by atoms with Crippen LogP contribution in [-0.2, 0) is 13.6 Å². The molecule has 0 saturated carbocycles. The van der Waals surface area contributed by atoms with Gasteiger partial charge < -0.3 is 19.3 Å². The monoisotopic (exact) mass is 508 g/mol. The normalized spacial score (nSPS) is 24.4. The lowest BCUT2D eigenvalue weighted by Crippen LogP contribution is -2.50. The molecule has 1 aromatic heterocycles. The molecule has 1 aliphatic rings. The Morgan fingerprint density at radius 2 is 1.79 bits per heavy atom. The van der Waals surface area contributed by atoms with Gasteiger partial charge in [-0.25, -0.2) is 4.79 Å². The Balaban J connectivity index is 2.44. The van der Waals surface area contributed by atoms with Gasteiger partial charge in [0.2, 0.25) is 0 Å². The van der Waals surface area contributed by atoms with Crippen molar-refractivity contribution in [1.82, 2.24) is 9.55 Å². The summed E-state index contributed by atoms with van der Waals surface area (Å²) in [5.74, 6) is -0.101. The molecular formula is C24H44N4O4Si2. The summed E-state index contributed by atoms with van der Waals surface area (Å²) in [7, 11) is -4.39. The second-order valence-electron chi connectivity index (χ2n) is 12.3. The number of hydrogen-bond donors (Lipinski definition) is 1. The molecule has 10 heteroatoms. The molecule has 34 heavy (non-hydrogen) atoms. The van der Waals surface area contributed by atoms with E-state index in [0.717, 1.165) is 0 Å². The van der Waals surface area contributed by atoms with Gasteiger partial charge in [0.05, 0.1) is 18.8 Å². The van der Waals surface area contributed by atoms with Crippen LogP contribution in [0.2, 0.25) is 36.3 Å². The summed E-state index contributed by atoms with van der Waals surface area (Å²) in [5.41, 5.74) is 5.13. The maximum Gasteiger partial charge on any atom is 0.351 e. The topological polar surface area (TPSA) is 112 Å². The van der Waals surface area contributed by atoms with Crippen molar-refractivity contribution >= 4 is 22.5 Å². The summed E-state index contributed by atoms with van der Waals surface area (Å²) in [4.78, 5) is 16.4. The lowest BCUT2D eigenvalue weighted by molar-refractivity contribution is -0.0429. The summed E-state index contributed by atoms with van der Waals surface area (Å²) < 4.78 is 21.1. The van der Waals surface area contributed by atoms with E-state index in [1.54, 1.807) is 0 Å². The molecule has 2 N–H and O–H groups in total. The molecule has 1 aliphatic heterocycles. The molecule has 0 aliphatic carbocycles. The Morgan fingerprint density at radius 1 is 1.21 bits per heavy atom. The van der Waals surface area contributed by atoms with Crippen LogP contribution in [0.5, 0.6) is 0 Å². The third-order valence-electron chi connectivity index (χ3n) is 8.46. The Bertz CT molecular complexity index is 963. The number of ether oxygens (including phenoxy) is 1. The van der Waals surface area contributed by atoms with Gasteiger partial charge in [-0.1, -0.05) is 48.5 Å². The van der Waals surface area contributed by atoms with Gasteiger partial charge in [-0.15, -0.1) is 0 Å². The number of anilines is 1. The van der Waals surface area contributed by atoms with Crippen molar-refractivity contribution in [3.63, 3.8) is 0 Å². The minimum Gasteiger partial charge on any atom is -0.414 e. The van der Waals surface area contributed by atoms with Crippen LogP contribution in [-0.4, -0.2) is 45.0 Å². The van der Waals surface area contributed by atoms with Gasteiger partial charge in [0.1, 0.15) is 17.8 Å². The fourth-order valence-electron chi connectivity index (χ4n) is 3.70. The quantitative estimate of drug-likeness (QED) is 0.496. The second-order valence-corrected chi connectivity index (χ2v) is 21.7. The third-order valence-corrected chi connectivity index (χ3v) is 17.5. The average Bonchev–Trinajstić information content (AvgIpc) is 3.01. The van der Waals surface area contributed by atoms with E-state index in [0.29, 0.717) is 12.5 Å². The molecule has 0 radical (unpaired) electrons. The van der Waals surface area contributed by atoms with Gasteiger partial charge in [-0.05, 0) is 48.2 Å². The van der Waals surface area contributed by atoms with E-state index < -0.39 is 46.7 Å². The fourth-order valence-corrected chi connectivity index (χ4v) is 7.38. The van der Waals surface area contributed by atoms with Crippen LogP contribution in [0.4, 0.5) is 5.82 Å². The minimum absolute atomic E-state index is 0.0350. The maximum absolute atomic E-state index is 12.6. The van der Waals surface area contributed by atoms with Gasteiger partial charge in [-0.3, -0.25) is 4.57 Å². The van der Waals surface area contributed by atoms with Crippen LogP contribution in [0.1, 0.15) is 54.7 Å². The van der Waals surface area contributed by atoms with Crippen molar-refractivity contribution in [1.29, 1.82) is 5.26 Å². The van der Waals surface area contributed by atoms with Crippen LogP contribution >= 0.6 is 0 Å². The summed E-state index contributed by atoms with van der Waals surface area (Å²) in [6.45, 7) is 24.5. The van der Waals surface area contributed by atoms with E-state index >= 15 is 0 Å². The van der Waals surface area contributed by atoms with Crippen molar-refractivity contribution in [2.45, 2.75) is 103 Å². The number of nitrogens with two attached hydrogens (primary N) is 1. The molecular weight excluding hydrogens is 464 g/mol. The van der Waals surface area contributed by atoms with Crippen LogP contribution in [0.3, 0.4) is 0 Å². The first-order valence-corrected chi connectivity index (χ1v) is 17.9. The highest BCUT2D eigenvalue weighted by Crippen LogP contribution is 2.46. The lowest BCUT2D eigenvalue weighted by Gasteiger charge is -2.43. The van der Waals surface area contributed by atoms with E-state index in [1.165, 1.54) is 16.8 Å². The SMILES string of the molecule is CC(C)C(C)(C)[Si](C)(C)OC[C@H]1O[C@@H](n2ccc(N)nc2=O)[C@@H](C#N)[C@@H]1O[Si](C)(C)C(C)(C)C. The molecule has 1 saturated heterocycles. The number of rotatable bonds is 8. The first kappa shape index (κ1) is 28.7. The number of nitriles is 1. The van der Waals surface area contributed by atoms with Gasteiger partial charge in [-0.2, -0.15) is 10.2 Å². The maximum atomic E-state index is 12.6. The molecule has 1 aromatic rings. The molecule has 0 amide bonds. The zero-order valence-corrected chi connectivity index (χ0v) is 24.8. The van der Waals surface area contributed by atoms with Crippen molar-refractivity contribution in [2.75, 3.05) is 12.3 Å². The van der Waals surface area contributed by atoms with Crippen LogP contribution in [0.25, 0.3) is 0 Å². The average molecular weight is 509 g/mol. The van der Waals surface area contributed by atoms with Crippen molar-refractivity contribution in [3.05, 3.63) is 22.7 Å². The molecule has 192 valence electrons. The molecule has 1 fully saturated rings. The molecule has 0 spiro atoms. The number of hydrogen-bond acceptors (Lipinski definition) is 7. The lowest BCUT2D eigenvalue weighted by atomic mass is 9.99. The van der Waals surface area contributed by atoms with Crippen LogP contribution in [0.15, 0.2) is 17.1 Å². The zero-order valence-electron chi connectivity index (χ0n) is 22.8. The van der Waals surface area contributed by atoms with Gasteiger partial charge in [0.15, 0.2) is 22.9 Å². The number of aromatic nitrogens is 2. The van der Waals surface area contributed by atoms with E-state index in [1.807, 2.05) is 0 Å². The van der Waals surface area contributed by atoms with Crippen LogP contribution in [0, 0.1) is 23.2 Å². The first-order chi connectivity index (χ1) is 15.4. The molecule has 8 nitrogen and oxygen atoms in total. The van der Waals surface area contributed by atoms with Gasteiger partial charge >= 0.3 is 5.69 Å². The molecule has 2 heterocycles. The summed E-state index contributed by atoms with van der Waals surface area (Å²) in [6.07, 6.45) is -0.292. The number of nitrogens with zero attached hydrogens (tertiary/aromatic N) is 3. The molecule has 4 atom stereocenters. The molecule has 2 rings (SSSR count). The smallest absolute Gasteiger partial charge is 0.351 e. The van der Waals surface area contributed by atoms with E-state index in [9.17, 15) is 10.1 Å².